The smallest absolute Gasteiger partial charge is 0.137 e. The van der Waals surface area contributed by atoms with E-state index in [-0.39, 0.29) is 0 Å². The lowest BCUT2D eigenvalue weighted by molar-refractivity contribution is 0.0825. The van der Waals surface area contributed by atoms with Gasteiger partial charge in [0.25, 0.3) is 0 Å². The summed E-state index contributed by atoms with van der Waals surface area (Å²) >= 11 is 36.1. The van der Waals surface area contributed by atoms with Gasteiger partial charge < -0.3 is 4.74 Å². The van der Waals surface area contributed by atoms with Crippen molar-refractivity contribution in [2.24, 2.45) is 0 Å². The van der Waals surface area contributed by atoms with Gasteiger partial charge >= 0.3 is 0 Å². The fourth-order valence-electron chi connectivity index (χ4n) is 1.96. The van der Waals surface area contributed by atoms with Crippen LogP contribution < -0.4 is 0 Å². The molecule has 0 radical (unpaired) electrons. The number of benzene rings is 2. The monoisotopic (exact) mass is 430 g/mol. The van der Waals surface area contributed by atoms with Gasteiger partial charge in [0.2, 0.25) is 0 Å². The van der Waals surface area contributed by atoms with Crippen LogP contribution in [0.5, 0.6) is 0 Å². The molecule has 0 aliphatic heterocycles. The van der Waals surface area contributed by atoms with Crippen molar-refractivity contribution in [3.8, 4) is 0 Å². The molecule has 0 aromatic heterocycles. The number of ether oxygens (including phenoxy) is 1. The summed E-state index contributed by atoms with van der Waals surface area (Å²) in [5.74, 6) is 0. The number of hydrogen-bond acceptors (Lipinski definition) is 1. The van der Waals surface area contributed by atoms with E-state index in [1.807, 2.05) is 12.1 Å². The summed E-state index contributed by atoms with van der Waals surface area (Å²) in [6, 6.07) is 10.6. The molecular weight excluding hydrogens is 421 g/mol. The highest BCUT2D eigenvalue weighted by molar-refractivity contribution is 6.42. The van der Waals surface area contributed by atoms with E-state index in [1.165, 1.54) is 0 Å². The van der Waals surface area contributed by atoms with Gasteiger partial charge in [-0.25, -0.2) is 0 Å². The zero-order valence-electron chi connectivity index (χ0n) is 11.7. The van der Waals surface area contributed by atoms with Gasteiger partial charge in [-0.05, 0) is 35.4 Å². The molecule has 0 aliphatic carbocycles. The van der Waals surface area contributed by atoms with Gasteiger partial charge in [-0.15, -0.1) is 0 Å². The topological polar surface area (TPSA) is 9.23 Å². The molecule has 0 N–H and O–H groups in total. The maximum absolute atomic E-state index is 6.20. The largest absolute Gasteiger partial charge is 0.343 e. The van der Waals surface area contributed by atoms with E-state index in [9.17, 15) is 0 Å². The van der Waals surface area contributed by atoms with Crippen molar-refractivity contribution in [1.82, 2.24) is 0 Å². The highest BCUT2D eigenvalue weighted by Crippen LogP contribution is 2.26. The quantitative estimate of drug-likeness (QED) is 0.437. The second-order valence-corrected chi connectivity index (χ2v) is 7.46. The molecule has 0 fully saturated rings. The second-order valence-electron chi connectivity index (χ2n) is 4.86. The molecule has 2 aromatic carbocycles. The van der Waals surface area contributed by atoms with Gasteiger partial charge in [-0.3, -0.25) is 0 Å². The van der Waals surface area contributed by atoms with E-state index in [0.717, 1.165) is 11.1 Å². The summed E-state index contributed by atoms with van der Waals surface area (Å²) in [6.07, 6.45) is 0.923. The average molecular weight is 433 g/mol. The first kappa shape index (κ1) is 19.5. The Morgan fingerprint density at radius 3 is 1.39 bits per heavy atom. The van der Waals surface area contributed by atoms with Crippen molar-refractivity contribution in [2.75, 3.05) is 0 Å². The fourth-order valence-corrected chi connectivity index (χ4v) is 3.26. The van der Waals surface area contributed by atoms with E-state index < -0.39 is 11.1 Å². The Labute approximate surface area is 165 Å². The van der Waals surface area contributed by atoms with Gasteiger partial charge in [0, 0.05) is 12.8 Å². The molecule has 2 rings (SSSR count). The van der Waals surface area contributed by atoms with E-state index >= 15 is 0 Å². The maximum atomic E-state index is 6.20. The molecule has 0 saturated carbocycles. The normalized spacial score (nSPS) is 13.8. The standard InChI is InChI=1S/C16H12Cl6O/c17-11-3-1-9(5-13(11)19)7-15(21)23-16(22)8-10-2-4-12(18)14(20)6-10/h1-6,15-16H,7-8H2. The number of alkyl halides is 2. The number of hydrogen-bond donors (Lipinski definition) is 0. The molecule has 0 heterocycles. The first-order valence-corrected chi connectivity index (χ1v) is 9.05. The van der Waals surface area contributed by atoms with Crippen LogP contribution in [0.4, 0.5) is 0 Å². The summed E-state index contributed by atoms with van der Waals surface area (Å²) in [5, 5.41) is 1.95. The zero-order valence-corrected chi connectivity index (χ0v) is 16.2. The minimum absolute atomic E-state index is 0.461. The fraction of sp³-hybridized carbons (Fsp3) is 0.250. The third-order valence-electron chi connectivity index (χ3n) is 3.06. The van der Waals surface area contributed by atoms with Crippen molar-refractivity contribution in [3.05, 3.63) is 67.6 Å². The molecule has 0 amide bonds. The summed E-state index contributed by atoms with van der Waals surface area (Å²) < 4.78 is 5.58. The van der Waals surface area contributed by atoms with Crippen LogP contribution in [-0.4, -0.2) is 11.1 Å². The van der Waals surface area contributed by atoms with Crippen LogP contribution in [-0.2, 0) is 17.6 Å². The van der Waals surface area contributed by atoms with Crippen LogP contribution in [0.15, 0.2) is 36.4 Å². The van der Waals surface area contributed by atoms with Crippen molar-refractivity contribution in [3.63, 3.8) is 0 Å². The zero-order chi connectivity index (χ0) is 17.0. The molecule has 2 atom stereocenters. The Hall–Kier alpha value is 0.140. The van der Waals surface area contributed by atoms with Crippen LogP contribution in [0.1, 0.15) is 11.1 Å². The van der Waals surface area contributed by atoms with Crippen LogP contribution in [0.25, 0.3) is 0 Å². The van der Waals surface area contributed by atoms with Gasteiger partial charge in [-0.1, -0.05) is 81.7 Å². The number of rotatable bonds is 6. The van der Waals surface area contributed by atoms with E-state index in [0.29, 0.717) is 32.9 Å². The summed E-state index contributed by atoms with van der Waals surface area (Å²) in [4.78, 5) is 0. The SMILES string of the molecule is Clc1ccc(CC(Cl)OC(Cl)Cc2ccc(Cl)c(Cl)c2)cc1Cl. The first-order chi connectivity index (χ1) is 10.8. The van der Waals surface area contributed by atoms with Gasteiger partial charge in [0.05, 0.1) is 20.1 Å². The predicted octanol–water partition coefficient (Wildman–Crippen LogP) is 7.23. The predicted molar refractivity (Wildman–Crippen MR) is 101 cm³/mol. The molecular formula is C16H12Cl6O. The molecule has 2 unspecified atom stereocenters. The van der Waals surface area contributed by atoms with Crippen LogP contribution >= 0.6 is 69.6 Å². The molecule has 1 nitrogen and oxygen atoms in total. The molecule has 23 heavy (non-hydrogen) atoms. The molecule has 7 heteroatoms. The lowest BCUT2D eigenvalue weighted by atomic mass is 10.1. The summed E-state index contributed by atoms with van der Waals surface area (Å²) in [6.45, 7) is 0. The highest BCUT2D eigenvalue weighted by Gasteiger charge is 2.15. The molecule has 2 aromatic rings. The van der Waals surface area contributed by atoms with Gasteiger partial charge in [0.1, 0.15) is 11.1 Å². The Balaban J connectivity index is 1.89. The molecule has 0 saturated heterocycles. The Kier molecular flexibility index (Phi) is 7.62. The summed E-state index contributed by atoms with van der Waals surface area (Å²) in [5.41, 5.74) is 0.658. The molecule has 0 aliphatic rings. The average Bonchev–Trinajstić information content (AvgIpc) is 2.46. The molecule has 0 bridgehead atoms. The van der Waals surface area contributed by atoms with Crippen molar-refractivity contribution in [1.29, 1.82) is 0 Å². The van der Waals surface area contributed by atoms with Gasteiger partial charge in [0.15, 0.2) is 0 Å². The van der Waals surface area contributed by atoms with Crippen molar-refractivity contribution < 1.29 is 4.74 Å². The molecule has 124 valence electrons. The summed E-state index contributed by atoms with van der Waals surface area (Å²) in [7, 11) is 0. The van der Waals surface area contributed by atoms with Crippen LogP contribution in [0, 0.1) is 0 Å². The minimum Gasteiger partial charge on any atom is -0.343 e. The van der Waals surface area contributed by atoms with Crippen molar-refractivity contribution >= 4 is 69.6 Å². The van der Waals surface area contributed by atoms with Gasteiger partial charge in [-0.2, -0.15) is 0 Å². The third kappa shape index (κ3) is 6.17. The van der Waals surface area contributed by atoms with E-state index in [2.05, 4.69) is 0 Å². The van der Waals surface area contributed by atoms with E-state index in [4.69, 9.17) is 74.3 Å². The lowest BCUT2D eigenvalue weighted by Gasteiger charge is -2.16. The maximum Gasteiger partial charge on any atom is 0.137 e. The van der Waals surface area contributed by atoms with Crippen molar-refractivity contribution in [2.45, 2.75) is 24.0 Å². The molecule has 0 spiro atoms. The third-order valence-corrected chi connectivity index (χ3v) is 5.05. The Morgan fingerprint density at radius 1 is 0.652 bits per heavy atom. The van der Waals surface area contributed by atoms with E-state index in [1.54, 1.807) is 24.3 Å². The van der Waals surface area contributed by atoms with Crippen LogP contribution in [0.3, 0.4) is 0 Å². The van der Waals surface area contributed by atoms with Crippen LogP contribution in [0.2, 0.25) is 20.1 Å². The highest BCUT2D eigenvalue weighted by atomic mass is 35.5. The second kappa shape index (κ2) is 9.01. The first-order valence-electron chi connectivity index (χ1n) is 6.66. The minimum atomic E-state index is -0.586. The number of halogens is 6. The Bertz CT molecular complexity index is 618. The Morgan fingerprint density at radius 2 is 1.04 bits per heavy atom. The lowest BCUT2D eigenvalue weighted by Crippen LogP contribution is -2.17.